The molecule has 0 radical (unpaired) electrons. The maximum atomic E-state index is 10.3. The van der Waals surface area contributed by atoms with E-state index in [-0.39, 0.29) is 17.4 Å². The lowest BCUT2D eigenvalue weighted by atomic mass is 9.53. The summed E-state index contributed by atoms with van der Waals surface area (Å²) in [4.78, 5) is 0. The molecule has 6 unspecified atom stereocenters. The van der Waals surface area contributed by atoms with Crippen LogP contribution in [0.5, 0.6) is 0 Å². The average molecular weight is 266 g/mol. The van der Waals surface area contributed by atoms with Gasteiger partial charge in [-0.2, -0.15) is 0 Å². The minimum atomic E-state index is -0.755. The molecule has 1 spiro atoms. The van der Waals surface area contributed by atoms with Gasteiger partial charge in [-0.05, 0) is 32.3 Å². The lowest BCUT2D eigenvalue weighted by molar-refractivity contribution is -0.204. The molecule has 4 aliphatic rings. The first kappa shape index (κ1) is 12.3. The maximum Gasteiger partial charge on any atom is 0.195 e. The molecule has 2 saturated heterocycles. The summed E-state index contributed by atoms with van der Waals surface area (Å²) in [5.41, 5.74) is 0.0953. The predicted octanol–water partition coefficient (Wildman–Crippen LogP) is 1.36. The third-order valence-corrected chi connectivity index (χ3v) is 6.67. The zero-order chi connectivity index (χ0) is 13.7. The summed E-state index contributed by atoms with van der Waals surface area (Å²) >= 11 is 0. The Labute approximate surface area is 113 Å². The van der Waals surface area contributed by atoms with Gasteiger partial charge in [0.25, 0.3) is 0 Å². The zero-order valence-corrected chi connectivity index (χ0v) is 11.8. The van der Waals surface area contributed by atoms with E-state index < -0.39 is 23.6 Å². The van der Waals surface area contributed by atoms with Crippen LogP contribution >= 0.6 is 0 Å². The first-order chi connectivity index (χ1) is 8.84. The highest BCUT2D eigenvalue weighted by atomic mass is 16.8. The second kappa shape index (κ2) is 3.08. The molecule has 0 aromatic rings. The van der Waals surface area contributed by atoms with Gasteiger partial charge < -0.3 is 19.7 Å². The number of aliphatic hydroxyl groups excluding tert-OH is 2. The Kier molecular flexibility index (Phi) is 2.00. The van der Waals surface area contributed by atoms with Gasteiger partial charge >= 0.3 is 0 Å². The molecular formula is C15H22O4. The molecule has 4 rings (SSSR count). The van der Waals surface area contributed by atoms with Crippen molar-refractivity contribution < 1.29 is 19.7 Å². The van der Waals surface area contributed by atoms with Gasteiger partial charge in [0.05, 0.1) is 12.7 Å². The highest BCUT2D eigenvalue weighted by Crippen LogP contribution is 2.77. The number of rotatable bonds is 1. The number of ether oxygens (including phenoxy) is 2. The molecule has 4 heteroatoms. The van der Waals surface area contributed by atoms with E-state index in [1.54, 1.807) is 0 Å². The molecule has 2 N–H and O–H groups in total. The molecule has 3 fully saturated rings. The quantitative estimate of drug-likeness (QED) is 0.704. The van der Waals surface area contributed by atoms with Crippen LogP contribution in [0, 0.1) is 10.8 Å². The zero-order valence-electron chi connectivity index (χ0n) is 11.8. The molecular weight excluding hydrogens is 244 g/mol. The molecule has 0 aromatic heterocycles. The van der Waals surface area contributed by atoms with E-state index in [1.807, 2.05) is 0 Å². The van der Waals surface area contributed by atoms with Gasteiger partial charge in [0.15, 0.2) is 5.79 Å². The lowest BCUT2D eigenvalue weighted by Crippen LogP contribution is -2.60. The Morgan fingerprint density at radius 3 is 2.79 bits per heavy atom. The Bertz CT molecular complexity index is 489. The van der Waals surface area contributed by atoms with Crippen LogP contribution in [-0.2, 0) is 9.47 Å². The van der Waals surface area contributed by atoms with Crippen molar-refractivity contribution in [1.29, 1.82) is 0 Å². The van der Waals surface area contributed by atoms with Gasteiger partial charge in [-0.15, -0.1) is 0 Å². The Morgan fingerprint density at radius 1 is 1.37 bits per heavy atom. The maximum absolute atomic E-state index is 10.3. The molecule has 2 heterocycles. The molecule has 0 aromatic carbocycles. The van der Waals surface area contributed by atoms with E-state index in [2.05, 4.69) is 26.8 Å². The molecule has 2 aliphatic heterocycles. The first-order valence-electron chi connectivity index (χ1n) is 7.19. The summed E-state index contributed by atoms with van der Waals surface area (Å²) in [5.74, 6) is -0.755. The second-order valence-electron chi connectivity index (χ2n) is 7.28. The summed E-state index contributed by atoms with van der Waals surface area (Å²) in [6, 6.07) is 0. The van der Waals surface area contributed by atoms with Crippen molar-refractivity contribution >= 4 is 0 Å². The van der Waals surface area contributed by atoms with Crippen LogP contribution in [0.25, 0.3) is 0 Å². The van der Waals surface area contributed by atoms with Crippen molar-refractivity contribution in [2.45, 2.75) is 63.6 Å². The van der Waals surface area contributed by atoms with Crippen LogP contribution in [0.4, 0.5) is 0 Å². The fraction of sp³-hybridized carbons (Fsp3) is 0.867. The summed E-state index contributed by atoms with van der Waals surface area (Å²) in [7, 11) is 0. The average Bonchev–Trinajstić information content (AvgIpc) is 2.83. The van der Waals surface area contributed by atoms with Crippen LogP contribution in [0.15, 0.2) is 11.6 Å². The SMILES string of the molecule is CC1=CC23OC4C(O)CC(C)(C4(CO)O2)C3(C)CC1. The van der Waals surface area contributed by atoms with E-state index in [1.165, 1.54) is 5.57 Å². The summed E-state index contributed by atoms with van der Waals surface area (Å²) in [6.45, 7) is 6.36. The van der Waals surface area contributed by atoms with Crippen molar-refractivity contribution in [3.05, 3.63) is 11.6 Å². The Balaban J connectivity index is 1.98. The van der Waals surface area contributed by atoms with E-state index in [0.29, 0.717) is 6.42 Å². The molecule has 6 atom stereocenters. The molecule has 2 bridgehead atoms. The molecule has 0 amide bonds. The van der Waals surface area contributed by atoms with Crippen LogP contribution in [0.1, 0.15) is 40.0 Å². The van der Waals surface area contributed by atoms with Crippen LogP contribution in [-0.4, -0.2) is 40.4 Å². The van der Waals surface area contributed by atoms with Gasteiger partial charge in [0.2, 0.25) is 0 Å². The third-order valence-electron chi connectivity index (χ3n) is 6.67. The van der Waals surface area contributed by atoms with Crippen molar-refractivity contribution in [3.8, 4) is 0 Å². The number of aliphatic hydroxyl groups is 2. The van der Waals surface area contributed by atoms with Gasteiger partial charge in [-0.1, -0.05) is 19.4 Å². The van der Waals surface area contributed by atoms with E-state index in [4.69, 9.17) is 9.47 Å². The van der Waals surface area contributed by atoms with Crippen molar-refractivity contribution in [2.24, 2.45) is 10.8 Å². The number of fused-ring (bicyclic) bond motifs is 1. The number of hydrogen-bond acceptors (Lipinski definition) is 4. The van der Waals surface area contributed by atoms with E-state index >= 15 is 0 Å². The molecule has 1 saturated carbocycles. The summed E-state index contributed by atoms with van der Waals surface area (Å²) < 4.78 is 12.5. The lowest BCUT2D eigenvalue weighted by Gasteiger charge is -2.52. The Hall–Kier alpha value is -0.420. The highest BCUT2D eigenvalue weighted by Gasteiger charge is 2.86. The van der Waals surface area contributed by atoms with Crippen molar-refractivity contribution in [3.63, 3.8) is 0 Å². The Morgan fingerprint density at radius 2 is 2.11 bits per heavy atom. The topological polar surface area (TPSA) is 58.9 Å². The predicted molar refractivity (Wildman–Crippen MR) is 68.3 cm³/mol. The van der Waals surface area contributed by atoms with E-state index in [0.717, 1.165) is 12.8 Å². The molecule has 4 nitrogen and oxygen atoms in total. The monoisotopic (exact) mass is 266 g/mol. The number of allylic oxidation sites excluding steroid dienone is 1. The molecule has 2 aliphatic carbocycles. The van der Waals surface area contributed by atoms with Crippen LogP contribution < -0.4 is 0 Å². The van der Waals surface area contributed by atoms with Gasteiger partial charge in [-0.25, -0.2) is 0 Å². The highest BCUT2D eigenvalue weighted by molar-refractivity contribution is 5.36. The minimum Gasteiger partial charge on any atom is -0.393 e. The normalized spacial score (nSPS) is 62.3. The van der Waals surface area contributed by atoms with E-state index in [9.17, 15) is 10.2 Å². The fourth-order valence-electron chi connectivity index (χ4n) is 5.28. The minimum absolute atomic E-state index is 0.0878. The van der Waals surface area contributed by atoms with Crippen LogP contribution in [0.3, 0.4) is 0 Å². The molecule has 19 heavy (non-hydrogen) atoms. The smallest absolute Gasteiger partial charge is 0.195 e. The summed E-state index contributed by atoms with van der Waals surface area (Å²) in [5, 5.41) is 20.3. The van der Waals surface area contributed by atoms with Gasteiger partial charge in [0, 0.05) is 10.8 Å². The van der Waals surface area contributed by atoms with Crippen molar-refractivity contribution in [2.75, 3.05) is 6.61 Å². The van der Waals surface area contributed by atoms with Gasteiger partial charge in [-0.3, -0.25) is 0 Å². The fourth-order valence-corrected chi connectivity index (χ4v) is 5.28. The second-order valence-corrected chi connectivity index (χ2v) is 7.28. The van der Waals surface area contributed by atoms with Gasteiger partial charge in [0.1, 0.15) is 11.7 Å². The van der Waals surface area contributed by atoms with Crippen molar-refractivity contribution in [1.82, 2.24) is 0 Å². The first-order valence-corrected chi connectivity index (χ1v) is 7.19. The molecule has 106 valence electrons. The summed E-state index contributed by atoms with van der Waals surface area (Å²) in [6.07, 6.45) is 3.79. The standard InChI is InChI=1S/C15H22O4/c1-9-4-5-12(2)13(3)7-10(17)11-14(13,8-16)19-15(12,6-9)18-11/h6,10-11,16-17H,4-5,7-8H2,1-3H3. The largest absolute Gasteiger partial charge is 0.393 e. The van der Waals surface area contributed by atoms with Crippen LogP contribution in [0.2, 0.25) is 0 Å². The number of hydrogen-bond donors (Lipinski definition) is 2. The third kappa shape index (κ3) is 0.963.